The molecule has 1 aliphatic carbocycles. The molecule has 21 heavy (non-hydrogen) atoms. The molecule has 116 valence electrons. The molecule has 5 nitrogen and oxygen atoms in total. The quantitative estimate of drug-likeness (QED) is 0.501. The molecular formula is C16H24N2O3. The maximum absolute atomic E-state index is 10.5. The summed E-state index contributed by atoms with van der Waals surface area (Å²) in [4.78, 5) is 0. The number of phenolic OH excluding ortho intramolecular Hbond substituents is 1. The summed E-state index contributed by atoms with van der Waals surface area (Å²) in [5.74, 6) is 0.1000. The van der Waals surface area contributed by atoms with Crippen LogP contribution in [0.1, 0.15) is 42.9 Å². The molecule has 1 fully saturated rings. The van der Waals surface area contributed by atoms with Crippen LogP contribution in [0.4, 0.5) is 5.69 Å². The summed E-state index contributed by atoms with van der Waals surface area (Å²) in [6.07, 6.45) is 4.73. The number of hydrogen-bond acceptors (Lipinski definition) is 5. The normalized spacial score (nSPS) is 29.1. The van der Waals surface area contributed by atoms with E-state index in [1.54, 1.807) is 12.1 Å². The summed E-state index contributed by atoms with van der Waals surface area (Å²) in [5, 5.41) is 23.6. The predicted molar refractivity (Wildman–Crippen MR) is 81.2 cm³/mol. The Kier molecular flexibility index (Phi) is 4.33. The molecule has 1 aromatic rings. The number of aliphatic hydroxyl groups is 1. The van der Waals surface area contributed by atoms with Gasteiger partial charge in [0.05, 0.1) is 17.9 Å². The summed E-state index contributed by atoms with van der Waals surface area (Å²) in [5.41, 5.74) is 8.02. The Morgan fingerprint density at radius 1 is 1.29 bits per heavy atom. The number of aliphatic hydroxyl groups excluding tert-OH is 1. The molecule has 1 saturated heterocycles. The highest BCUT2D eigenvalue weighted by molar-refractivity contribution is 5.62. The van der Waals surface area contributed by atoms with Gasteiger partial charge in [-0.15, -0.1) is 0 Å². The Bertz CT molecular complexity index is 501. The van der Waals surface area contributed by atoms with Crippen molar-refractivity contribution < 1.29 is 14.9 Å². The highest BCUT2D eigenvalue weighted by Crippen LogP contribution is 2.37. The summed E-state index contributed by atoms with van der Waals surface area (Å²) in [6, 6.07) is 3.35. The third-order valence-corrected chi connectivity index (χ3v) is 4.66. The van der Waals surface area contributed by atoms with E-state index in [0.29, 0.717) is 5.69 Å². The first-order valence-corrected chi connectivity index (χ1v) is 7.80. The fourth-order valence-corrected chi connectivity index (χ4v) is 3.36. The number of phenols is 1. The molecule has 0 amide bonds. The van der Waals surface area contributed by atoms with Crippen LogP contribution in [0.25, 0.3) is 0 Å². The molecule has 0 radical (unpaired) electrons. The maximum Gasteiger partial charge on any atom is 0.138 e. The monoisotopic (exact) mass is 292 g/mol. The van der Waals surface area contributed by atoms with Gasteiger partial charge in [-0.3, -0.25) is 0 Å². The Balaban J connectivity index is 1.65. The van der Waals surface area contributed by atoms with Crippen LogP contribution in [0.2, 0.25) is 0 Å². The maximum atomic E-state index is 10.5. The second kappa shape index (κ2) is 6.22. The van der Waals surface area contributed by atoms with E-state index in [9.17, 15) is 10.2 Å². The van der Waals surface area contributed by atoms with Crippen LogP contribution in [0, 0.1) is 0 Å². The van der Waals surface area contributed by atoms with Crippen molar-refractivity contribution in [2.75, 3.05) is 18.9 Å². The van der Waals surface area contributed by atoms with Crippen molar-refractivity contribution in [1.82, 2.24) is 5.32 Å². The molecule has 3 atom stereocenters. The van der Waals surface area contributed by atoms with E-state index in [1.165, 1.54) is 6.42 Å². The van der Waals surface area contributed by atoms with Gasteiger partial charge in [-0.2, -0.15) is 0 Å². The lowest BCUT2D eigenvalue weighted by Gasteiger charge is -2.33. The van der Waals surface area contributed by atoms with Crippen LogP contribution >= 0.6 is 0 Å². The molecule has 5 heteroatoms. The van der Waals surface area contributed by atoms with Gasteiger partial charge in [0, 0.05) is 19.2 Å². The number of nitrogens with two attached hydrogens (primary N) is 1. The molecule has 2 aliphatic rings. The van der Waals surface area contributed by atoms with E-state index in [-0.39, 0.29) is 17.9 Å². The lowest BCUT2D eigenvalue weighted by Crippen LogP contribution is -2.43. The molecule has 1 aliphatic heterocycles. The zero-order valence-corrected chi connectivity index (χ0v) is 12.2. The second-order valence-electron chi connectivity index (χ2n) is 6.05. The first kappa shape index (κ1) is 14.6. The van der Waals surface area contributed by atoms with Crippen molar-refractivity contribution in [2.45, 2.75) is 50.4 Å². The smallest absolute Gasteiger partial charge is 0.138 e. The number of ether oxygens (including phenoxy) is 1. The Morgan fingerprint density at radius 3 is 2.90 bits per heavy atom. The van der Waals surface area contributed by atoms with Gasteiger partial charge in [-0.1, -0.05) is 6.07 Å². The van der Waals surface area contributed by atoms with E-state index < -0.39 is 6.10 Å². The minimum Gasteiger partial charge on any atom is -0.506 e. The van der Waals surface area contributed by atoms with Gasteiger partial charge >= 0.3 is 0 Å². The van der Waals surface area contributed by atoms with Gasteiger partial charge in [-0.05, 0) is 49.3 Å². The zero-order chi connectivity index (χ0) is 14.8. The molecule has 3 rings (SSSR count). The van der Waals surface area contributed by atoms with Gasteiger partial charge < -0.3 is 26.0 Å². The van der Waals surface area contributed by atoms with E-state index in [0.717, 1.165) is 50.0 Å². The van der Waals surface area contributed by atoms with E-state index in [1.807, 2.05) is 0 Å². The number of rotatable bonds is 3. The number of nitrogens with one attached hydrogen (secondary N) is 1. The lowest BCUT2D eigenvalue weighted by atomic mass is 9.84. The van der Waals surface area contributed by atoms with E-state index >= 15 is 0 Å². The average Bonchev–Trinajstić information content (AvgIpc) is 2.51. The number of nitrogen functional groups attached to an aromatic ring is 1. The van der Waals surface area contributed by atoms with Crippen molar-refractivity contribution >= 4 is 5.69 Å². The van der Waals surface area contributed by atoms with Crippen molar-refractivity contribution in [3.8, 4) is 5.75 Å². The van der Waals surface area contributed by atoms with Gasteiger partial charge in [-0.25, -0.2) is 0 Å². The highest BCUT2D eigenvalue weighted by Gasteiger charge is 2.30. The standard InChI is InChI=1S/C16H24N2O3/c17-15-11-4-6-13(16(20)12(11)5-7-14(15)19)18-9-10-3-1-2-8-21-10/h5,7,10,13,16,18-20H,1-4,6,8-9,17H2. The first-order chi connectivity index (χ1) is 10.2. The molecular weight excluding hydrogens is 268 g/mol. The fourth-order valence-electron chi connectivity index (χ4n) is 3.36. The molecule has 0 saturated carbocycles. The van der Waals surface area contributed by atoms with Crippen molar-refractivity contribution in [3.63, 3.8) is 0 Å². The number of aromatic hydroxyl groups is 1. The van der Waals surface area contributed by atoms with Crippen molar-refractivity contribution in [1.29, 1.82) is 0 Å². The predicted octanol–water partition coefficient (Wildman–Crippen LogP) is 1.48. The largest absolute Gasteiger partial charge is 0.506 e. The third-order valence-electron chi connectivity index (χ3n) is 4.66. The SMILES string of the molecule is Nc1c(O)ccc2c1CCC(NCC1CCCCO1)C2O. The van der Waals surface area contributed by atoms with E-state index in [2.05, 4.69) is 5.32 Å². The third kappa shape index (κ3) is 3.00. The number of anilines is 1. The van der Waals surface area contributed by atoms with Crippen LogP contribution in [-0.2, 0) is 11.2 Å². The summed E-state index contributed by atoms with van der Waals surface area (Å²) in [6.45, 7) is 1.63. The second-order valence-corrected chi connectivity index (χ2v) is 6.05. The summed E-state index contributed by atoms with van der Waals surface area (Å²) >= 11 is 0. The Labute approximate surface area is 125 Å². The molecule has 3 unspecified atom stereocenters. The topological polar surface area (TPSA) is 87.7 Å². The Morgan fingerprint density at radius 2 is 2.14 bits per heavy atom. The Hall–Kier alpha value is -1.30. The molecule has 1 heterocycles. The number of fused-ring (bicyclic) bond motifs is 1. The average molecular weight is 292 g/mol. The van der Waals surface area contributed by atoms with Crippen LogP contribution in [0.3, 0.4) is 0 Å². The van der Waals surface area contributed by atoms with Gasteiger partial charge in [0.2, 0.25) is 0 Å². The van der Waals surface area contributed by atoms with Gasteiger partial charge in [0.25, 0.3) is 0 Å². The molecule has 0 spiro atoms. The molecule has 5 N–H and O–H groups in total. The van der Waals surface area contributed by atoms with Gasteiger partial charge in [0.15, 0.2) is 0 Å². The van der Waals surface area contributed by atoms with E-state index in [4.69, 9.17) is 10.5 Å². The minimum atomic E-state index is -0.583. The van der Waals surface area contributed by atoms with Crippen LogP contribution in [-0.4, -0.2) is 35.5 Å². The molecule has 0 bridgehead atoms. The first-order valence-electron chi connectivity index (χ1n) is 7.80. The molecule has 1 aromatic carbocycles. The van der Waals surface area contributed by atoms with Gasteiger partial charge in [0.1, 0.15) is 5.75 Å². The highest BCUT2D eigenvalue weighted by atomic mass is 16.5. The van der Waals surface area contributed by atoms with Crippen LogP contribution in [0.5, 0.6) is 5.75 Å². The number of hydrogen-bond donors (Lipinski definition) is 4. The zero-order valence-electron chi connectivity index (χ0n) is 12.2. The summed E-state index contributed by atoms with van der Waals surface area (Å²) in [7, 11) is 0. The van der Waals surface area contributed by atoms with Crippen molar-refractivity contribution in [2.24, 2.45) is 0 Å². The van der Waals surface area contributed by atoms with Crippen LogP contribution in [0.15, 0.2) is 12.1 Å². The lowest BCUT2D eigenvalue weighted by molar-refractivity contribution is 0.0100. The summed E-state index contributed by atoms with van der Waals surface area (Å²) < 4.78 is 5.71. The molecule has 0 aromatic heterocycles. The minimum absolute atomic E-state index is 0.0203. The van der Waals surface area contributed by atoms with Crippen LogP contribution < -0.4 is 11.1 Å². The number of benzene rings is 1. The van der Waals surface area contributed by atoms with Crippen molar-refractivity contribution in [3.05, 3.63) is 23.3 Å². The fraction of sp³-hybridized carbons (Fsp3) is 0.625.